The van der Waals surface area contributed by atoms with Crippen molar-refractivity contribution in [2.75, 3.05) is 50.6 Å². The summed E-state index contributed by atoms with van der Waals surface area (Å²) in [4.78, 5) is 22.6. The van der Waals surface area contributed by atoms with E-state index in [1.54, 1.807) is 37.5 Å². The number of benzene rings is 1. The van der Waals surface area contributed by atoms with Crippen molar-refractivity contribution in [2.45, 2.75) is 32.2 Å². The Labute approximate surface area is 179 Å². The van der Waals surface area contributed by atoms with Gasteiger partial charge in [-0.2, -0.15) is 0 Å². The molecule has 0 N–H and O–H groups in total. The van der Waals surface area contributed by atoms with E-state index in [1.807, 2.05) is 14.1 Å². The predicted octanol–water partition coefficient (Wildman–Crippen LogP) is 4.06. The number of aromatic nitrogens is 1. The lowest BCUT2D eigenvalue weighted by molar-refractivity contribution is 0.0988. The van der Waals surface area contributed by atoms with E-state index in [9.17, 15) is 9.18 Å². The van der Waals surface area contributed by atoms with Crippen molar-refractivity contribution in [3.63, 3.8) is 0 Å². The number of ether oxygens (including phenoxy) is 1. The monoisotopic (exact) mass is 416 g/mol. The van der Waals surface area contributed by atoms with Crippen molar-refractivity contribution in [2.24, 2.45) is 0 Å². The van der Waals surface area contributed by atoms with Gasteiger partial charge in [0.15, 0.2) is 0 Å². The van der Waals surface area contributed by atoms with Crippen LogP contribution >= 0.6 is 0 Å². The number of rotatable bonds is 8. The zero-order valence-corrected chi connectivity index (χ0v) is 18.3. The molecule has 0 saturated carbocycles. The van der Waals surface area contributed by atoms with Crippen molar-refractivity contribution in [3.05, 3.63) is 48.0 Å². The molecular formula is C23H33FN4O2. The summed E-state index contributed by atoms with van der Waals surface area (Å²) in [5, 5.41) is 0. The SMILES string of the molecule is CCCCOc1ccc(C(=O)N(C)c2ccc(N3CCC(N(C)C)C3)c(F)c2)nc1.[HH]. The first kappa shape index (κ1) is 22.0. The number of amides is 1. The molecule has 3 rings (SSSR count). The van der Waals surface area contributed by atoms with E-state index in [-0.39, 0.29) is 18.8 Å². The molecule has 1 atom stereocenters. The summed E-state index contributed by atoms with van der Waals surface area (Å²) in [7, 11) is 5.72. The second-order valence-electron chi connectivity index (χ2n) is 7.93. The van der Waals surface area contributed by atoms with Crippen LogP contribution in [0.15, 0.2) is 36.5 Å². The highest BCUT2D eigenvalue weighted by molar-refractivity contribution is 6.04. The molecule has 30 heavy (non-hydrogen) atoms. The van der Waals surface area contributed by atoms with Crippen molar-refractivity contribution in [3.8, 4) is 5.75 Å². The fraction of sp³-hybridized carbons (Fsp3) is 0.478. The van der Waals surface area contributed by atoms with Gasteiger partial charge in [-0.1, -0.05) is 13.3 Å². The molecule has 7 heteroatoms. The maximum Gasteiger partial charge on any atom is 0.276 e. The molecule has 1 amide bonds. The average Bonchev–Trinajstić information content (AvgIpc) is 3.23. The van der Waals surface area contributed by atoms with Crippen molar-refractivity contribution >= 4 is 17.3 Å². The third-order valence-corrected chi connectivity index (χ3v) is 5.58. The smallest absolute Gasteiger partial charge is 0.276 e. The van der Waals surface area contributed by atoms with E-state index < -0.39 is 0 Å². The van der Waals surface area contributed by atoms with Crippen LogP contribution < -0.4 is 14.5 Å². The van der Waals surface area contributed by atoms with Crippen molar-refractivity contribution < 1.29 is 15.3 Å². The highest BCUT2D eigenvalue weighted by Gasteiger charge is 2.26. The van der Waals surface area contributed by atoms with Gasteiger partial charge >= 0.3 is 0 Å². The predicted molar refractivity (Wildman–Crippen MR) is 120 cm³/mol. The molecule has 1 aliphatic rings. The maximum absolute atomic E-state index is 14.8. The van der Waals surface area contributed by atoms with E-state index in [0.717, 1.165) is 32.4 Å². The number of nitrogens with zero attached hydrogens (tertiary/aromatic N) is 4. The Bertz CT molecular complexity index is 863. The zero-order valence-electron chi connectivity index (χ0n) is 18.3. The Morgan fingerprint density at radius 1 is 1.30 bits per heavy atom. The first-order valence-electron chi connectivity index (χ1n) is 10.5. The second-order valence-corrected chi connectivity index (χ2v) is 7.93. The Balaban J connectivity index is 0.00000341. The molecule has 1 aromatic carbocycles. The molecule has 1 aliphatic heterocycles. The highest BCUT2D eigenvalue weighted by Crippen LogP contribution is 2.28. The Kier molecular flexibility index (Phi) is 7.26. The lowest BCUT2D eigenvalue weighted by Crippen LogP contribution is -2.31. The number of halogens is 1. The van der Waals surface area contributed by atoms with Crippen molar-refractivity contribution in [1.29, 1.82) is 0 Å². The maximum atomic E-state index is 14.8. The first-order valence-corrected chi connectivity index (χ1v) is 10.5. The third kappa shape index (κ3) is 5.08. The van der Waals surface area contributed by atoms with Crippen molar-refractivity contribution in [1.82, 2.24) is 9.88 Å². The number of carbonyl (C=O) groups excluding carboxylic acids is 1. The number of hydrogen-bond acceptors (Lipinski definition) is 5. The number of unbranched alkanes of at least 4 members (excludes halogenated alkanes) is 1. The quantitative estimate of drug-likeness (QED) is 0.608. The zero-order chi connectivity index (χ0) is 21.7. The largest absolute Gasteiger partial charge is 0.492 e. The van der Waals surface area contributed by atoms with Crippen LogP contribution in [0.4, 0.5) is 15.8 Å². The van der Waals surface area contributed by atoms with Gasteiger partial charge < -0.3 is 19.4 Å². The van der Waals surface area contributed by atoms with Gasteiger partial charge in [-0.3, -0.25) is 4.79 Å². The van der Waals surface area contributed by atoms with Gasteiger partial charge in [0.2, 0.25) is 0 Å². The molecule has 0 spiro atoms. The number of carbonyl (C=O) groups is 1. The molecule has 1 saturated heterocycles. The van der Waals surface area contributed by atoms with Crippen LogP contribution in [0.5, 0.6) is 5.75 Å². The fourth-order valence-corrected chi connectivity index (χ4v) is 3.56. The van der Waals surface area contributed by atoms with Crippen LogP contribution in [-0.4, -0.2) is 62.7 Å². The van der Waals surface area contributed by atoms with Crippen LogP contribution in [0, 0.1) is 5.82 Å². The molecule has 1 fully saturated rings. The van der Waals surface area contributed by atoms with Crippen LogP contribution in [0.3, 0.4) is 0 Å². The standard InChI is InChI=1S/C23H31FN4O2.H2/c1-5-6-13-30-19-8-9-21(25-15-19)23(29)27(4)17-7-10-22(20(24)14-17)28-12-11-18(16-28)26(2)3;/h7-10,14-15,18H,5-6,11-13,16H2,1-4H3;1H. The summed E-state index contributed by atoms with van der Waals surface area (Å²) < 4.78 is 20.4. The molecule has 0 bridgehead atoms. The normalized spacial score (nSPS) is 16.2. The van der Waals surface area contributed by atoms with Gasteiger partial charge in [-0.15, -0.1) is 0 Å². The third-order valence-electron chi connectivity index (χ3n) is 5.58. The summed E-state index contributed by atoms with van der Waals surface area (Å²) >= 11 is 0. The van der Waals surface area contributed by atoms with Gasteiger partial charge in [-0.25, -0.2) is 9.37 Å². The van der Waals surface area contributed by atoms with E-state index in [4.69, 9.17) is 4.74 Å². The van der Waals surface area contributed by atoms with Gasteiger partial charge in [0, 0.05) is 33.3 Å². The van der Waals surface area contributed by atoms with Gasteiger partial charge in [0.05, 0.1) is 18.5 Å². The molecule has 1 unspecified atom stereocenters. The van der Waals surface area contributed by atoms with Gasteiger partial charge in [-0.05, 0) is 57.3 Å². The molecule has 1 aromatic heterocycles. The summed E-state index contributed by atoms with van der Waals surface area (Å²) in [5.74, 6) is 0.0231. The molecule has 0 radical (unpaired) electrons. The Morgan fingerprint density at radius 3 is 2.70 bits per heavy atom. The molecule has 6 nitrogen and oxygen atoms in total. The first-order chi connectivity index (χ1) is 14.4. The molecular weight excluding hydrogens is 383 g/mol. The summed E-state index contributed by atoms with van der Waals surface area (Å²) in [6, 6.07) is 8.75. The minimum Gasteiger partial charge on any atom is -0.492 e. The summed E-state index contributed by atoms with van der Waals surface area (Å²) in [6.45, 7) is 4.35. The summed E-state index contributed by atoms with van der Waals surface area (Å²) in [6.07, 6.45) is 4.59. The van der Waals surface area contributed by atoms with Crippen LogP contribution in [-0.2, 0) is 0 Å². The number of pyridine rings is 1. The minimum absolute atomic E-state index is 0. The molecule has 0 aliphatic carbocycles. The molecule has 2 aromatic rings. The van der Waals surface area contributed by atoms with E-state index in [0.29, 0.717) is 29.8 Å². The van der Waals surface area contributed by atoms with E-state index in [1.165, 1.54) is 11.0 Å². The molecule has 164 valence electrons. The van der Waals surface area contributed by atoms with E-state index in [2.05, 4.69) is 21.7 Å². The molecule has 2 heterocycles. The second kappa shape index (κ2) is 9.89. The minimum atomic E-state index is -0.320. The fourth-order valence-electron chi connectivity index (χ4n) is 3.56. The number of likely N-dealkylation sites (N-methyl/N-ethyl adjacent to an activating group) is 1. The number of anilines is 2. The van der Waals surface area contributed by atoms with Crippen LogP contribution in [0.1, 0.15) is 38.1 Å². The topological polar surface area (TPSA) is 48.9 Å². The summed E-state index contributed by atoms with van der Waals surface area (Å²) in [5.41, 5.74) is 1.36. The Hall–Kier alpha value is -2.67. The Morgan fingerprint density at radius 2 is 2.10 bits per heavy atom. The van der Waals surface area contributed by atoms with Gasteiger partial charge in [0.1, 0.15) is 17.3 Å². The van der Waals surface area contributed by atoms with Crippen LogP contribution in [0.25, 0.3) is 0 Å². The average molecular weight is 417 g/mol. The number of hydrogen-bond donors (Lipinski definition) is 0. The highest BCUT2D eigenvalue weighted by atomic mass is 19.1. The van der Waals surface area contributed by atoms with Crippen LogP contribution in [0.2, 0.25) is 0 Å². The lowest BCUT2D eigenvalue weighted by Gasteiger charge is -2.23. The van der Waals surface area contributed by atoms with Gasteiger partial charge in [0.25, 0.3) is 5.91 Å². The van der Waals surface area contributed by atoms with E-state index >= 15 is 0 Å². The lowest BCUT2D eigenvalue weighted by atomic mass is 10.2.